The van der Waals surface area contributed by atoms with Crippen molar-refractivity contribution in [3.63, 3.8) is 0 Å². The average Bonchev–Trinajstić information content (AvgIpc) is 2.38. The number of unbranched alkanes of at least 4 members (excludes halogenated alkanes) is 1. The molecule has 1 aromatic carbocycles. The Labute approximate surface area is 118 Å². The van der Waals surface area contributed by atoms with Gasteiger partial charge in [-0.2, -0.15) is 0 Å². The van der Waals surface area contributed by atoms with E-state index >= 15 is 0 Å². The smallest absolute Gasteiger partial charge is 0.289 e. The van der Waals surface area contributed by atoms with E-state index < -0.39 is 20.6 Å². The van der Waals surface area contributed by atoms with Crippen LogP contribution in [0.1, 0.15) is 26.2 Å². The van der Waals surface area contributed by atoms with Gasteiger partial charge < -0.3 is 5.73 Å². The van der Waals surface area contributed by atoms with Gasteiger partial charge in [0.25, 0.3) is 5.69 Å². The number of sulfonamides is 1. The van der Waals surface area contributed by atoms with Crippen molar-refractivity contribution in [1.29, 1.82) is 0 Å². The molecule has 0 aliphatic rings. The van der Waals surface area contributed by atoms with Crippen molar-refractivity contribution in [3.8, 4) is 0 Å². The number of rotatable bonds is 8. The SMILES string of the molecule is CC(CCCCN)NS(=O)(=O)c1ccccc1[N+](=O)[O-]. The Morgan fingerprint density at radius 2 is 2.00 bits per heavy atom. The molecule has 1 unspecified atom stereocenters. The molecule has 7 nitrogen and oxygen atoms in total. The van der Waals surface area contributed by atoms with Gasteiger partial charge in [-0.1, -0.05) is 18.6 Å². The van der Waals surface area contributed by atoms with Gasteiger partial charge >= 0.3 is 0 Å². The van der Waals surface area contributed by atoms with Gasteiger partial charge in [-0.25, -0.2) is 13.1 Å². The van der Waals surface area contributed by atoms with Crippen LogP contribution < -0.4 is 10.5 Å². The Bertz CT molecular complexity index is 560. The number of hydrogen-bond acceptors (Lipinski definition) is 5. The standard InChI is InChI=1S/C12H19N3O4S/c1-10(6-4-5-9-13)14-20(18,19)12-8-3-2-7-11(12)15(16)17/h2-3,7-8,10,14H,4-6,9,13H2,1H3. The lowest BCUT2D eigenvalue weighted by Crippen LogP contribution is -2.33. The van der Waals surface area contributed by atoms with Crippen LogP contribution in [0.2, 0.25) is 0 Å². The van der Waals surface area contributed by atoms with Crippen molar-refractivity contribution >= 4 is 15.7 Å². The van der Waals surface area contributed by atoms with Crippen molar-refractivity contribution in [2.24, 2.45) is 5.73 Å². The molecule has 112 valence electrons. The van der Waals surface area contributed by atoms with Crippen molar-refractivity contribution in [1.82, 2.24) is 4.72 Å². The van der Waals surface area contributed by atoms with Crippen LogP contribution in [0.5, 0.6) is 0 Å². The maximum atomic E-state index is 12.2. The quantitative estimate of drug-likeness (QED) is 0.427. The minimum atomic E-state index is -3.90. The van der Waals surface area contributed by atoms with Gasteiger partial charge in [-0.3, -0.25) is 10.1 Å². The molecule has 0 radical (unpaired) electrons. The van der Waals surface area contributed by atoms with Crippen LogP contribution in [0.25, 0.3) is 0 Å². The van der Waals surface area contributed by atoms with Crippen molar-refractivity contribution in [3.05, 3.63) is 34.4 Å². The second kappa shape index (κ2) is 7.32. The molecule has 3 N–H and O–H groups in total. The third-order valence-electron chi connectivity index (χ3n) is 2.80. The number of benzene rings is 1. The zero-order valence-electron chi connectivity index (χ0n) is 11.3. The summed E-state index contributed by atoms with van der Waals surface area (Å²) in [5.41, 5.74) is 4.95. The lowest BCUT2D eigenvalue weighted by atomic mass is 10.1. The van der Waals surface area contributed by atoms with E-state index in [-0.39, 0.29) is 10.9 Å². The van der Waals surface area contributed by atoms with Gasteiger partial charge in [0.15, 0.2) is 4.90 Å². The lowest BCUT2D eigenvalue weighted by Gasteiger charge is -2.14. The Balaban J connectivity index is 2.86. The van der Waals surface area contributed by atoms with Crippen molar-refractivity contribution in [2.75, 3.05) is 6.54 Å². The maximum Gasteiger partial charge on any atom is 0.289 e. The maximum absolute atomic E-state index is 12.2. The molecule has 0 heterocycles. The predicted molar refractivity (Wildman–Crippen MR) is 75.8 cm³/mol. The van der Waals surface area contributed by atoms with E-state index in [1.54, 1.807) is 6.92 Å². The molecule has 0 spiro atoms. The van der Waals surface area contributed by atoms with E-state index in [9.17, 15) is 18.5 Å². The average molecular weight is 301 g/mol. The summed E-state index contributed by atoms with van der Waals surface area (Å²) in [6.07, 6.45) is 2.26. The Morgan fingerprint density at radius 3 is 2.60 bits per heavy atom. The molecule has 0 aliphatic carbocycles. The predicted octanol–water partition coefficient (Wildman–Crippen LogP) is 1.39. The minimum Gasteiger partial charge on any atom is -0.330 e. The van der Waals surface area contributed by atoms with Gasteiger partial charge in [0.1, 0.15) is 0 Å². The van der Waals surface area contributed by atoms with Gasteiger partial charge in [0.05, 0.1) is 4.92 Å². The van der Waals surface area contributed by atoms with Crippen LogP contribution in [0.4, 0.5) is 5.69 Å². The van der Waals surface area contributed by atoms with E-state index in [0.717, 1.165) is 12.8 Å². The fourth-order valence-corrected chi connectivity index (χ4v) is 3.27. The van der Waals surface area contributed by atoms with E-state index in [4.69, 9.17) is 5.73 Å². The molecule has 20 heavy (non-hydrogen) atoms. The van der Waals surface area contributed by atoms with Crippen LogP contribution in [0.3, 0.4) is 0 Å². The molecule has 0 aromatic heterocycles. The first kappa shape index (κ1) is 16.5. The number of para-hydroxylation sites is 1. The molecular formula is C12H19N3O4S. The zero-order valence-corrected chi connectivity index (χ0v) is 12.1. The molecule has 1 atom stereocenters. The summed E-state index contributed by atoms with van der Waals surface area (Å²) < 4.78 is 26.8. The fraction of sp³-hybridized carbons (Fsp3) is 0.500. The fourth-order valence-electron chi connectivity index (χ4n) is 1.82. The third-order valence-corrected chi connectivity index (χ3v) is 4.44. The number of hydrogen-bond donors (Lipinski definition) is 2. The van der Waals surface area contributed by atoms with Gasteiger partial charge in [-0.05, 0) is 32.4 Å². The first-order chi connectivity index (χ1) is 9.38. The summed E-state index contributed by atoms with van der Waals surface area (Å²) in [7, 11) is -3.90. The monoisotopic (exact) mass is 301 g/mol. The highest BCUT2D eigenvalue weighted by molar-refractivity contribution is 7.89. The number of nitrogens with one attached hydrogen (secondary N) is 1. The molecule has 0 amide bonds. The van der Waals surface area contributed by atoms with E-state index in [2.05, 4.69) is 4.72 Å². The molecule has 1 aromatic rings. The molecule has 0 aliphatic heterocycles. The second-order valence-electron chi connectivity index (χ2n) is 4.53. The highest BCUT2D eigenvalue weighted by Gasteiger charge is 2.26. The van der Waals surface area contributed by atoms with E-state index in [0.29, 0.717) is 13.0 Å². The molecule has 1 rings (SSSR count). The summed E-state index contributed by atoms with van der Waals surface area (Å²) in [6.45, 7) is 2.28. The summed E-state index contributed by atoms with van der Waals surface area (Å²) in [5, 5.41) is 10.9. The van der Waals surface area contributed by atoms with Crippen LogP contribution in [0, 0.1) is 10.1 Å². The van der Waals surface area contributed by atoms with Crippen LogP contribution >= 0.6 is 0 Å². The first-order valence-electron chi connectivity index (χ1n) is 6.34. The molecule has 0 saturated heterocycles. The molecular weight excluding hydrogens is 282 g/mol. The van der Waals surface area contributed by atoms with Gasteiger partial charge in [0, 0.05) is 12.1 Å². The Morgan fingerprint density at radius 1 is 1.35 bits per heavy atom. The molecule has 0 saturated carbocycles. The molecule has 0 bridgehead atoms. The third kappa shape index (κ3) is 4.55. The van der Waals surface area contributed by atoms with Crippen LogP contribution in [-0.2, 0) is 10.0 Å². The van der Waals surface area contributed by atoms with E-state index in [1.165, 1.54) is 24.3 Å². The normalized spacial score (nSPS) is 13.1. The highest BCUT2D eigenvalue weighted by Crippen LogP contribution is 2.23. The zero-order chi connectivity index (χ0) is 15.2. The first-order valence-corrected chi connectivity index (χ1v) is 7.82. The number of nitro groups is 1. The van der Waals surface area contributed by atoms with Crippen LogP contribution in [0.15, 0.2) is 29.2 Å². The molecule has 0 fully saturated rings. The van der Waals surface area contributed by atoms with Gasteiger partial charge in [-0.15, -0.1) is 0 Å². The highest BCUT2D eigenvalue weighted by atomic mass is 32.2. The number of nitrogens with zero attached hydrogens (tertiary/aromatic N) is 1. The van der Waals surface area contributed by atoms with Gasteiger partial charge in [0.2, 0.25) is 10.0 Å². The van der Waals surface area contributed by atoms with Crippen LogP contribution in [-0.4, -0.2) is 25.9 Å². The number of nitrogens with two attached hydrogens (primary N) is 1. The summed E-state index contributed by atoms with van der Waals surface area (Å²) in [6, 6.07) is 5.00. The molecule has 8 heteroatoms. The Kier molecular flexibility index (Phi) is 6.05. The topological polar surface area (TPSA) is 115 Å². The Hall–Kier alpha value is -1.51. The minimum absolute atomic E-state index is 0.300. The summed E-state index contributed by atoms with van der Waals surface area (Å²) in [4.78, 5) is 9.85. The second-order valence-corrected chi connectivity index (χ2v) is 6.21. The van der Waals surface area contributed by atoms with Crippen molar-refractivity contribution in [2.45, 2.75) is 37.1 Å². The summed E-state index contributed by atoms with van der Waals surface area (Å²) >= 11 is 0. The largest absolute Gasteiger partial charge is 0.330 e. The summed E-state index contributed by atoms with van der Waals surface area (Å²) in [5.74, 6) is 0. The van der Waals surface area contributed by atoms with E-state index in [1.807, 2.05) is 0 Å². The lowest BCUT2D eigenvalue weighted by molar-refractivity contribution is -0.387. The van der Waals surface area contributed by atoms with Crippen molar-refractivity contribution < 1.29 is 13.3 Å². The number of nitro benzene ring substituents is 1.